The van der Waals surface area contributed by atoms with Gasteiger partial charge in [0.25, 0.3) is 0 Å². The molecular weight excluding hydrogens is 506 g/mol. The summed E-state index contributed by atoms with van der Waals surface area (Å²) in [7, 11) is 3.14. The molecule has 1 aliphatic carbocycles. The fourth-order valence-corrected chi connectivity index (χ4v) is 5.39. The number of fused-ring (bicyclic) bond motifs is 1. The minimum absolute atomic E-state index is 0.0546. The second kappa shape index (κ2) is 12.6. The number of methoxy groups -OCH3 is 2. The fraction of sp³-hybridized carbons (Fsp3) is 0.355. The zero-order valence-electron chi connectivity index (χ0n) is 23.0. The third-order valence-electron chi connectivity index (χ3n) is 7.51. The molecule has 5 rings (SSSR count). The quantitative estimate of drug-likeness (QED) is 0.304. The van der Waals surface area contributed by atoms with Crippen molar-refractivity contribution < 1.29 is 19.1 Å². The summed E-state index contributed by atoms with van der Waals surface area (Å²) >= 11 is 0. The van der Waals surface area contributed by atoms with E-state index < -0.39 is 6.04 Å². The molecule has 9 nitrogen and oxygen atoms in total. The van der Waals surface area contributed by atoms with Crippen LogP contribution in [0.1, 0.15) is 42.9 Å². The lowest BCUT2D eigenvalue weighted by Gasteiger charge is -2.33. The van der Waals surface area contributed by atoms with Gasteiger partial charge in [-0.1, -0.05) is 60.5 Å². The summed E-state index contributed by atoms with van der Waals surface area (Å²) in [5.41, 5.74) is 3.14. The van der Waals surface area contributed by atoms with Gasteiger partial charge < -0.3 is 19.7 Å². The first-order chi connectivity index (χ1) is 19.6. The minimum atomic E-state index is -0.910. The lowest BCUT2D eigenvalue weighted by molar-refractivity contribution is -0.141. The van der Waals surface area contributed by atoms with E-state index in [0.717, 1.165) is 36.8 Å². The number of benzene rings is 3. The number of ether oxygens (including phenoxy) is 2. The second-order valence-electron chi connectivity index (χ2n) is 10.1. The molecule has 1 heterocycles. The highest BCUT2D eigenvalue weighted by atomic mass is 16.5. The number of amides is 2. The molecule has 1 fully saturated rings. The molecule has 4 aromatic rings. The van der Waals surface area contributed by atoms with E-state index in [9.17, 15) is 9.59 Å². The number of para-hydroxylation sites is 1. The van der Waals surface area contributed by atoms with Crippen molar-refractivity contribution in [3.05, 3.63) is 83.9 Å². The molecule has 0 radical (unpaired) electrons. The molecule has 1 atom stereocenters. The van der Waals surface area contributed by atoms with Gasteiger partial charge in [0, 0.05) is 24.2 Å². The minimum Gasteiger partial charge on any atom is -0.497 e. The van der Waals surface area contributed by atoms with Gasteiger partial charge in [0.15, 0.2) is 0 Å². The largest absolute Gasteiger partial charge is 0.497 e. The highest BCUT2D eigenvalue weighted by Gasteiger charge is 2.35. The number of aromatic nitrogens is 3. The maximum absolute atomic E-state index is 14.1. The summed E-state index contributed by atoms with van der Waals surface area (Å²) in [6.45, 7) is 0.272. The first kappa shape index (κ1) is 27.2. The molecule has 1 aliphatic rings. The van der Waals surface area contributed by atoms with Crippen LogP contribution in [-0.2, 0) is 22.6 Å². The van der Waals surface area contributed by atoms with Crippen molar-refractivity contribution in [3.63, 3.8) is 0 Å². The van der Waals surface area contributed by atoms with Crippen LogP contribution in [0.15, 0.2) is 72.8 Å². The third-order valence-corrected chi connectivity index (χ3v) is 7.51. The summed E-state index contributed by atoms with van der Waals surface area (Å²) in [5.74, 6) is 0.623. The van der Waals surface area contributed by atoms with Crippen LogP contribution in [0.4, 0.5) is 0 Å². The fourth-order valence-electron chi connectivity index (χ4n) is 5.39. The summed E-state index contributed by atoms with van der Waals surface area (Å²) in [5, 5.41) is 11.7. The van der Waals surface area contributed by atoms with Crippen LogP contribution >= 0.6 is 0 Å². The molecule has 2 amide bonds. The van der Waals surface area contributed by atoms with Crippen LogP contribution in [0, 0.1) is 0 Å². The van der Waals surface area contributed by atoms with Crippen molar-refractivity contribution in [2.45, 2.75) is 50.7 Å². The van der Waals surface area contributed by atoms with E-state index in [2.05, 4.69) is 15.6 Å². The van der Waals surface area contributed by atoms with Crippen molar-refractivity contribution in [2.75, 3.05) is 20.8 Å². The highest BCUT2D eigenvalue weighted by molar-refractivity contribution is 5.90. The predicted octanol–water partition coefficient (Wildman–Crippen LogP) is 4.32. The summed E-state index contributed by atoms with van der Waals surface area (Å²) in [4.78, 5) is 29.9. The molecule has 1 unspecified atom stereocenters. The Kier molecular flexibility index (Phi) is 8.59. The summed E-state index contributed by atoms with van der Waals surface area (Å²) in [6, 6.07) is 22.0. The van der Waals surface area contributed by atoms with Gasteiger partial charge in [0.1, 0.15) is 29.6 Å². The molecule has 1 aromatic heterocycles. The molecule has 1 saturated carbocycles. The van der Waals surface area contributed by atoms with Crippen molar-refractivity contribution in [3.8, 4) is 11.5 Å². The van der Waals surface area contributed by atoms with E-state index in [1.807, 2.05) is 60.7 Å². The number of nitrogens with zero attached hydrogens (tertiary/aromatic N) is 4. The van der Waals surface area contributed by atoms with Crippen molar-refractivity contribution in [2.24, 2.45) is 0 Å². The molecule has 0 bridgehead atoms. The van der Waals surface area contributed by atoms with Crippen molar-refractivity contribution in [1.29, 1.82) is 0 Å². The topological polar surface area (TPSA) is 98.6 Å². The van der Waals surface area contributed by atoms with Gasteiger partial charge in [0.05, 0.1) is 19.7 Å². The Labute approximate surface area is 234 Å². The second-order valence-corrected chi connectivity index (χ2v) is 10.1. The van der Waals surface area contributed by atoms with Crippen LogP contribution in [0.3, 0.4) is 0 Å². The maximum Gasteiger partial charge on any atom is 0.247 e. The molecule has 208 valence electrons. The molecule has 3 aromatic carbocycles. The van der Waals surface area contributed by atoms with Gasteiger partial charge in [-0.15, -0.1) is 5.10 Å². The lowest BCUT2D eigenvalue weighted by Crippen LogP contribution is -2.47. The summed E-state index contributed by atoms with van der Waals surface area (Å²) < 4.78 is 12.7. The Morgan fingerprint density at radius 2 is 1.75 bits per heavy atom. The first-order valence-corrected chi connectivity index (χ1v) is 13.7. The van der Waals surface area contributed by atoms with E-state index in [-0.39, 0.29) is 24.4 Å². The average molecular weight is 542 g/mol. The van der Waals surface area contributed by atoms with Crippen LogP contribution in [0.5, 0.6) is 11.5 Å². The van der Waals surface area contributed by atoms with Crippen molar-refractivity contribution in [1.82, 2.24) is 25.2 Å². The molecule has 9 heteroatoms. The standard InChI is InChI=1S/C31H35N5O4/c1-39-24-16-17-25(28(20-24)40-2)30(31(38)32-23-12-6-7-13-23)35(19-18-22-10-4-3-5-11-22)29(37)21-36-27-15-9-8-14-26(27)33-34-36/h3-5,8-11,14-17,20,23,30H,6-7,12-13,18-19,21H2,1-2H3,(H,32,38). The number of hydrogen-bond acceptors (Lipinski definition) is 6. The van der Waals surface area contributed by atoms with Crippen LogP contribution in [0.2, 0.25) is 0 Å². The Morgan fingerprint density at radius 3 is 2.50 bits per heavy atom. The predicted molar refractivity (Wildman–Crippen MR) is 152 cm³/mol. The molecule has 0 spiro atoms. The number of carbonyl (C=O) groups excluding carboxylic acids is 2. The SMILES string of the molecule is COc1ccc(C(C(=O)NC2CCCC2)N(CCc2ccccc2)C(=O)Cn2nnc3ccccc32)c(OC)c1. The van der Waals surface area contributed by atoms with Crippen LogP contribution in [-0.4, -0.2) is 58.5 Å². The molecular formula is C31H35N5O4. The summed E-state index contributed by atoms with van der Waals surface area (Å²) in [6.07, 6.45) is 4.60. The number of hydrogen-bond donors (Lipinski definition) is 1. The van der Waals surface area contributed by atoms with Gasteiger partial charge in [-0.2, -0.15) is 0 Å². The third kappa shape index (κ3) is 6.09. The highest BCUT2D eigenvalue weighted by Crippen LogP contribution is 2.34. The number of carbonyl (C=O) groups is 2. The van der Waals surface area contributed by atoms with Gasteiger partial charge in [-0.25, -0.2) is 4.68 Å². The zero-order valence-corrected chi connectivity index (χ0v) is 23.0. The number of rotatable bonds is 11. The normalized spacial score (nSPS) is 14.2. The molecule has 40 heavy (non-hydrogen) atoms. The van der Waals surface area contributed by atoms with Gasteiger partial charge in [-0.3, -0.25) is 9.59 Å². The van der Waals surface area contributed by atoms with E-state index >= 15 is 0 Å². The van der Waals surface area contributed by atoms with Gasteiger partial charge in [0.2, 0.25) is 11.8 Å². The Hall–Kier alpha value is -4.40. The van der Waals surface area contributed by atoms with Gasteiger partial charge in [-0.05, 0) is 49.1 Å². The molecule has 0 aliphatic heterocycles. The van der Waals surface area contributed by atoms with E-state index in [4.69, 9.17) is 9.47 Å². The Bertz CT molecular complexity index is 1450. The zero-order chi connectivity index (χ0) is 27.9. The monoisotopic (exact) mass is 541 g/mol. The van der Waals surface area contributed by atoms with Crippen molar-refractivity contribution >= 4 is 22.8 Å². The van der Waals surface area contributed by atoms with E-state index in [1.54, 1.807) is 35.9 Å². The Balaban J connectivity index is 1.54. The maximum atomic E-state index is 14.1. The Morgan fingerprint density at radius 1 is 1.00 bits per heavy atom. The lowest BCUT2D eigenvalue weighted by atomic mass is 10.0. The van der Waals surface area contributed by atoms with Crippen LogP contribution < -0.4 is 14.8 Å². The number of nitrogens with one attached hydrogen (secondary N) is 1. The average Bonchev–Trinajstić information content (AvgIpc) is 3.65. The first-order valence-electron chi connectivity index (χ1n) is 13.7. The van der Waals surface area contributed by atoms with E-state index in [1.165, 1.54) is 0 Å². The molecule has 1 N–H and O–H groups in total. The molecule has 0 saturated heterocycles. The van der Waals surface area contributed by atoms with Crippen LogP contribution in [0.25, 0.3) is 11.0 Å². The van der Waals surface area contributed by atoms with E-state index in [0.29, 0.717) is 35.5 Å². The smallest absolute Gasteiger partial charge is 0.247 e. The van der Waals surface area contributed by atoms with Gasteiger partial charge >= 0.3 is 0 Å².